The van der Waals surface area contributed by atoms with Crippen molar-refractivity contribution in [2.75, 3.05) is 19.6 Å². The van der Waals surface area contributed by atoms with E-state index >= 15 is 0 Å². The highest BCUT2D eigenvalue weighted by molar-refractivity contribution is 5.76. The predicted molar refractivity (Wildman–Crippen MR) is 70.0 cm³/mol. The molecule has 1 amide bonds. The molecule has 100 valence electrons. The second-order valence-corrected chi connectivity index (χ2v) is 4.65. The van der Waals surface area contributed by atoms with Crippen molar-refractivity contribution in [1.82, 2.24) is 20.0 Å². The molecular weight excluding hydrogens is 228 g/mol. The molecule has 0 spiro atoms. The van der Waals surface area contributed by atoms with Gasteiger partial charge in [0, 0.05) is 45.3 Å². The van der Waals surface area contributed by atoms with Gasteiger partial charge in [0.15, 0.2) is 0 Å². The van der Waals surface area contributed by atoms with Gasteiger partial charge in [-0.1, -0.05) is 0 Å². The minimum Gasteiger partial charge on any atom is -0.343 e. The molecule has 0 saturated carbocycles. The third-order valence-corrected chi connectivity index (χ3v) is 3.38. The highest BCUT2D eigenvalue weighted by Gasteiger charge is 2.16. The lowest BCUT2D eigenvalue weighted by Crippen LogP contribution is -2.30. The SMILES string of the molecule is CCn1nccc1CNCCC(=O)N1CCCC1. The molecule has 18 heavy (non-hydrogen) atoms. The summed E-state index contributed by atoms with van der Waals surface area (Å²) in [4.78, 5) is 13.8. The van der Waals surface area contributed by atoms with Gasteiger partial charge in [-0.2, -0.15) is 5.10 Å². The second kappa shape index (κ2) is 6.54. The van der Waals surface area contributed by atoms with E-state index < -0.39 is 0 Å². The fraction of sp³-hybridized carbons (Fsp3) is 0.692. The van der Waals surface area contributed by atoms with Crippen LogP contribution >= 0.6 is 0 Å². The van der Waals surface area contributed by atoms with Gasteiger partial charge in [-0.05, 0) is 25.8 Å². The smallest absolute Gasteiger partial charge is 0.223 e. The number of carbonyl (C=O) groups is 1. The van der Waals surface area contributed by atoms with Crippen LogP contribution in [0.15, 0.2) is 12.3 Å². The molecule has 1 aromatic heterocycles. The summed E-state index contributed by atoms with van der Waals surface area (Å²) in [5.41, 5.74) is 1.17. The van der Waals surface area contributed by atoms with Crippen LogP contribution in [-0.2, 0) is 17.9 Å². The Morgan fingerprint density at radius 3 is 2.94 bits per heavy atom. The molecule has 5 heteroatoms. The highest BCUT2D eigenvalue weighted by Crippen LogP contribution is 2.08. The number of hydrogen-bond donors (Lipinski definition) is 1. The third kappa shape index (κ3) is 3.32. The largest absolute Gasteiger partial charge is 0.343 e. The first-order valence-corrected chi connectivity index (χ1v) is 6.80. The number of hydrogen-bond acceptors (Lipinski definition) is 3. The van der Waals surface area contributed by atoms with Crippen LogP contribution in [0.25, 0.3) is 0 Å². The lowest BCUT2D eigenvalue weighted by Gasteiger charge is -2.15. The maximum absolute atomic E-state index is 11.8. The number of aryl methyl sites for hydroxylation is 1. The van der Waals surface area contributed by atoms with Gasteiger partial charge in [0.05, 0.1) is 5.69 Å². The first-order valence-electron chi connectivity index (χ1n) is 6.80. The number of rotatable bonds is 6. The van der Waals surface area contributed by atoms with Crippen molar-refractivity contribution in [2.45, 2.75) is 39.3 Å². The first kappa shape index (κ1) is 13.1. The maximum Gasteiger partial charge on any atom is 0.223 e. The monoisotopic (exact) mass is 250 g/mol. The normalized spacial score (nSPS) is 15.3. The second-order valence-electron chi connectivity index (χ2n) is 4.65. The molecule has 0 radical (unpaired) electrons. The van der Waals surface area contributed by atoms with E-state index in [4.69, 9.17) is 0 Å². The molecule has 0 bridgehead atoms. The zero-order chi connectivity index (χ0) is 12.8. The highest BCUT2D eigenvalue weighted by atomic mass is 16.2. The van der Waals surface area contributed by atoms with Gasteiger partial charge in [-0.15, -0.1) is 0 Å². The minimum absolute atomic E-state index is 0.281. The van der Waals surface area contributed by atoms with Gasteiger partial charge in [-0.3, -0.25) is 9.48 Å². The average molecular weight is 250 g/mol. The molecule has 2 heterocycles. The van der Waals surface area contributed by atoms with Crippen molar-refractivity contribution in [1.29, 1.82) is 0 Å². The topological polar surface area (TPSA) is 50.2 Å². The number of amides is 1. The minimum atomic E-state index is 0.281. The van der Waals surface area contributed by atoms with E-state index in [0.717, 1.165) is 45.6 Å². The molecule has 1 N–H and O–H groups in total. The average Bonchev–Trinajstić information content (AvgIpc) is 3.04. The molecule has 0 aliphatic carbocycles. The fourth-order valence-electron chi connectivity index (χ4n) is 2.33. The molecule has 1 aromatic rings. The van der Waals surface area contributed by atoms with Crippen LogP contribution < -0.4 is 5.32 Å². The van der Waals surface area contributed by atoms with E-state index in [1.54, 1.807) is 0 Å². The van der Waals surface area contributed by atoms with Crippen LogP contribution in [0.2, 0.25) is 0 Å². The Labute approximate surface area is 108 Å². The van der Waals surface area contributed by atoms with E-state index in [2.05, 4.69) is 17.3 Å². The van der Waals surface area contributed by atoms with Crippen molar-refractivity contribution in [3.05, 3.63) is 18.0 Å². The van der Waals surface area contributed by atoms with E-state index in [1.165, 1.54) is 5.69 Å². The summed E-state index contributed by atoms with van der Waals surface area (Å²) in [6, 6.07) is 2.01. The Bertz CT molecular complexity index is 382. The van der Waals surface area contributed by atoms with Gasteiger partial charge >= 0.3 is 0 Å². The quantitative estimate of drug-likeness (QED) is 0.766. The lowest BCUT2D eigenvalue weighted by molar-refractivity contribution is -0.130. The van der Waals surface area contributed by atoms with Crippen molar-refractivity contribution < 1.29 is 4.79 Å². The van der Waals surface area contributed by atoms with Crippen LogP contribution in [0.3, 0.4) is 0 Å². The van der Waals surface area contributed by atoms with Crippen LogP contribution in [0, 0.1) is 0 Å². The summed E-state index contributed by atoms with van der Waals surface area (Å²) in [5, 5.41) is 7.52. The summed E-state index contributed by atoms with van der Waals surface area (Å²) in [6.07, 6.45) is 4.74. The van der Waals surface area contributed by atoms with Gasteiger partial charge in [0.2, 0.25) is 5.91 Å². The van der Waals surface area contributed by atoms with E-state index in [0.29, 0.717) is 6.42 Å². The molecule has 1 aliphatic heterocycles. The van der Waals surface area contributed by atoms with Gasteiger partial charge in [-0.25, -0.2) is 0 Å². The van der Waals surface area contributed by atoms with Gasteiger partial charge in [0.25, 0.3) is 0 Å². The van der Waals surface area contributed by atoms with Gasteiger partial charge < -0.3 is 10.2 Å². The standard InChI is InChI=1S/C13H22N4O/c1-2-17-12(5-8-15-17)11-14-7-6-13(18)16-9-3-4-10-16/h5,8,14H,2-4,6-7,9-11H2,1H3. The van der Waals surface area contributed by atoms with Gasteiger partial charge in [0.1, 0.15) is 0 Å². The van der Waals surface area contributed by atoms with Crippen LogP contribution in [-0.4, -0.2) is 40.2 Å². The summed E-state index contributed by atoms with van der Waals surface area (Å²) in [5.74, 6) is 0.281. The predicted octanol–water partition coefficient (Wildman–Crippen LogP) is 1.01. The zero-order valence-electron chi connectivity index (χ0n) is 11.1. The molecule has 2 rings (SSSR count). The maximum atomic E-state index is 11.8. The molecule has 5 nitrogen and oxygen atoms in total. The third-order valence-electron chi connectivity index (χ3n) is 3.38. The van der Waals surface area contributed by atoms with Crippen molar-refractivity contribution in [2.24, 2.45) is 0 Å². The Balaban J connectivity index is 1.65. The molecule has 0 unspecified atom stereocenters. The van der Waals surface area contributed by atoms with Crippen molar-refractivity contribution in [3.63, 3.8) is 0 Å². The molecular formula is C13H22N4O. The Morgan fingerprint density at radius 2 is 2.22 bits per heavy atom. The number of likely N-dealkylation sites (tertiary alicyclic amines) is 1. The number of aromatic nitrogens is 2. The number of carbonyl (C=O) groups excluding carboxylic acids is 1. The van der Waals surface area contributed by atoms with E-state index in [9.17, 15) is 4.79 Å². The van der Waals surface area contributed by atoms with Crippen molar-refractivity contribution >= 4 is 5.91 Å². The first-order chi connectivity index (χ1) is 8.81. The Kier molecular flexibility index (Phi) is 4.75. The molecule has 0 atom stereocenters. The van der Waals surface area contributed by atoms with Crippen LogP contribution in [0.1, 0.15) is 31.9 Å². The summed E-state index contributed by atoms with van der Waals surface area (Å²) in [6.45, 7) is 6.37. The summed E-state index contributed by atoms with van der Waals surface area (Å²) >= 11 is 0. The zero-order valence-corrected chi connectivity index (χ0v) is 11.1. The molecule has 0 aromatic carbocycles. The fourth-order valence-corrected chi connectivity index (χ4v) is 2.33. The van der Waals surface area contributed by atoms with Crippen LogP contribution in [0.4, 0.5) is 0 Å². The van der Waals surface area contributed by atoms with E-state index in [1.807, 2.05) is 21.8 Å². The van der Waals surface area contributed by atoms with E-state index in [-0.39, 0.29) is 5.91 Å². The number of nitrogens with one attached hydrogen (secondary N) is 1. The molecule has 1 fully saturated rings. The lowest BCUT2D eigenvalue weighted by atomic mass is 10.3. The Morgan fingerprint density at radius 1 is 1.44 bits per heavy atom. The summed E-state index contributed by atoms with van der Waals surface area (Å²) in [7, 11) is 0. The van der Waals surface area contributed by atoms with Crippen LogP contribution in [0.5, 0.6) is 0 Å². The summed E-state index contributed by atoms with van der Waals surface area (Å²) < 4.78 is 1.97. The molecule has 1 aliphatic rings. The Hall–Kier alpha value is -1.36. The molecule has 1 saturated heterocycles. The number of nitrogens with zero attached hydrogens (tertiary/aromatic N) is 3. The van der Waals surface area contributed by atoms with Crippen molar-refractivity contribution in [3.8, 4) is 0 Å².